The summed E-state index contributed by atoms with van der Waals surface area (Å²) in [5, 5.41) is 13.0. The zero-order valence-corrected chi connectivity index (χ0v) is 17.9. The van der Waals surface area contributed by atoms with Gasteiger partial charge < -0.3 is 20.1 Å². The van der Waals surface area contributed by atoms with Gasteiger partial charge in [-0.15, -0.1) is 0 Å². The summed E-state index contributed by atoms with van der Waals surface area (Å²) >= 11 is 0. The summed E-state index contributed by atoms with van der Waals surface area (Å²) in [4.78, 5) is 26.5. The van der Waals surface area contributed by atoms with Crippen molar-refractivity contribution < 1.29 is 14.6 Å². The van der Waals surface area contributed by atoms with E-state index in [0.29, 0.717) is 51.0 Å². The zero-order chi connectivity index (χ0) is 22.1. The number of hydrogen-bond donors (Lipinski definition) is 2. The molecule has 0 bridgehead atoms. The Morgan fingerprint density at radius 1 is 1.06 bits per heavy atom. The van der Waals surface area contributed by atoms with E-state index in [1.807, 2.05) is 37.3 Å². The van der Waals surface area contributed by atoms with Crippen LogP contribution in [0.1, 0.15) is 11.1 Å². The maximum atomic E-state index is 13.1. The molecular formula is C24H25N5O3. The fourth-order valence-electron chi connectivity index (χ4n) is 4.07. The Kier molecular flexibility index (Phi) is 5.36. The highest BCUT2D eigenvalue weighted by Gasteiger charge is 2.31. The van der Waals surface area contributed by atoms with Crippen LogP contribution in [0.2, 0.25) is 0 Å². The molecule has 2 aliphatic rings. The summed E-state index contributed by atoms with van der Waals surface area (Å²) in [7, 11) is 0. The van der Waals surface area contributed by atoms with Crippen LogP contribution >= 0.6 is 0 Å². The molecule has 0 unspecified atom stereocenters. The minimum atomic E-state index is -0.221. The van der Waals surface area contributed by atoms with Gasteiger partial charge in [0.05, 0.1) is 18.9 Å². The number of urea groups is 1. The first kappa shape index (κ1) is 20.3. The first-order valence-electron chi connectivity index (χ1n) is 10.8. The summed E-state index contributed by atoms with van der Waals surface area (Å²) in [5.74, 6) is 1.36. The van der Waals surface area contributed by atoms with E-state index < -0.39 is 0 Å². The zero-order valence-electron chi connectivity index (χ0n) is 17.9. The Balaban J connectivity index is 1.53. The predicted molar refractivity (Wildman–Crippen MR) is 123 cm³/mol. The third-order valence-corrected chi connectivity index (χ3v) is 5.78. The second-order valence-electron chi connectivity index (χ2n) is 8.02. The molecule has 1 aromatic heterocycles. The number of phenols is 1. The highest BCUT2D eigenvalue weighted by Crippen LogP contribution is 2.36. The monoisotopic (exact) mass is 431 g/mol. The number of nitrogens with zero attached hydrogens (tertiary/aromatic N) is 4. The van der Waals surface area contributed by atoms with Crippen LogP contribution in [-0.4, -0.2) is 54.0 Å². The van der Waals surface area contributed by atoms with E-state index in [1.54, 1.807) is 23.1 Å². The molecule has 3 aromatic rings. The summed E-state index contributed by atoms with van der Waals surface area (Å²) in [5.41, 5.74) is 4.33. The molecule has 8 heteroatoms. The average molecular weight is 431 g/mol. The molecule has 0 radical (unpaired) electrons. The Hall–Kier alpha value is -3.65. The SMILES string of the molecule is Cc1ccc(NC(=O)N2CCc3c(-c4cccc(O)c4)nc(N4CCOCC4)nc32)cc1. The van der Waals surface area contributed by atoms with Crippen molar-refractivity contribution in [1.29, 1.82) is 0 Å². The molecule has 5 rings (SSSR count). The normalized spacial score (nSPS) is 15.5. The molecule has 1 saturated heterocycles. The Morgan fingerprint density at radius 2 is 1.84 bits per heavy atom. The van der Waals surface area contributed by atoms with Gasteiger partial charge in [0, 0.05) is 36.4 Å². The molecule has 8 nitrogen and oxygen atoms in total. The van der Waals surface area contributed by atoms with Gasteiger partial charge in [-0.25, -0.2) is 9.78 Å². The summed E-state index contributed by atoms with van der Waals surface area (Å²) in [6.07, 6.45) is 0.644. The second-order valence-corrected chi connectivity index (χ2v) is 8.02. The minimum absolute atomic E-state index is 0.176. The van der Waals surface area contributed by atoms with Gasteiger partial charge in [-0.05, 0) is 37.6 Å². The number of carbonyl (C=O) groups excluding carboxylic acids is 1. The van der Waals surface area contributed by atoms with Gasteiger partial charge >= 0.3 is 6.03 Å². The fraction of sp³-hybridized carbons (Fsp3) is 0.292. The number of aromatic hydroxyl groups is 1. The highest BCUT2D eigenvalue weighted by molar-refractivity contribution is 6.03. The van der Waals surface area contributed by atoms with E-state index in [0.717, 1.165) is 28.1 Å². The molecule has 2 N–H and O–H groups in total. The van der Waals surface area contributed by atoms with Crippen LogP contribution in [0.15, 0.2) is 48.5 Å². The molecule has 2 aromatic carbocycles. The summed E-state index contributed by atoms with van der Waals surface area (Å²) in [6.45, 7) is 5.12. The van der Waals surface area contributed by atoms with Crippen LogP contribution in [0.4, 0.5) is 22.2 Å². The largest absolute Gasteiger partial charge is 0.508 e. The predicted octanol–water partition coefficient (Wildman–Crippen LogP) is 3.59. The van der Waals surface area contributed by atoms with Gasteiger partial charge in [-0.3, -0.25) is 4.90 Å². The molecule has 0 aliphatic carbocycles. The molecule has 0 spiro atoms. The lowest BCUT2D eigenvalue weighted by atomic mass is 10.1. The van der Waals surface area contributed by atoms with E-state index in [4.69, 9.17) is 14.7 Å². The van der Waals surface area contributed by atoms with Crippen molar-refractivity contribution >= 4 is 23.5 Å². The van der Waals surface area contributed by atoms with Crippen LogP contribution < -0.4 is 15.1 Å². The van der Waals surface area contributed by atoms with Crippen LogP contribution in [-0.2, 0) is 11.2 Å². The van der Waals surface area contributed by atoms with Crippen LogP contribution in [0.5, 0.6) is 5.75 Å². The lowest BCUT2D eigenvalue weighted by Crippen LogP contribution is -2.38. The summed E-state index contributed by atoms with van der Waals surface area (Å²) in [6, 6.07) is 14.5. The number of nitrogens with one attached hydrogen (secondary N) is 1. The number of rotatable bonds is 3. The molecule has 1 fully saturated rings. The van der Waals surface area contributed by atoms with Gasteiger partial charge in [-0.1, -0.05) is 29.8 Å². The van der Waals surface area contributed by atoms with E-state index in [-0.39, 0.29) is 11.8 Å². The Morgan fingerprint density at radius 3 is 2.59 bits per heavy atom. The van der Waals surface area contributed by atoms with Crippen molar-refractivity contribution in [2.75, 3.05) is 48.0 Å². The quantitative estimate of drug-likeness (QED) is 0.659. The van der Waals surface area contributed by atoms with Crippen molar-refractivity contribution in [3.05, 3.63) is 59.7 Å². The molecule has 2 aliphatic heterocycles. The molecule has 2 amide bonds. The van der Waals surface area contributed by atoms with Crippen molar-refractivity contribution in [2.45, 2.75) is 13.3 Å². The first-order valence-corrected chi connectivity index (χ1v) is 10.8. The van der Waals surface area contributed by atoms with Crippen molar-refractivity contribution in [3.8, 4) is 17.0 Å². The number of hydrogen-bond acceptors (Lipinski definition) is 6. The number of ether oxygens (including phenoxy) is 1. The van der Waals surface area contributed by atoms with Crippen LogP contribution in [0, 0.1) is 6.92 Å². The van der Waals surface area contributed by atoms with Gasteiger partial charge in [-0.2, -0.15) is 4.98 Å². The van der Waals surface area contributed by atoms with Crippen LogP contribution in [0.3, 0.4) is 0 Å². The van der Waals surface area contributed by atoms with Gasteiger partial charge in [0.15, 0.2) is 0 Å². The number of fused-ring (bicyclic) bond motifs is 1. The Labute approximate surface area is 186 Å². The van der Waals surface area contributed by atoms with Gasteiger partial charge in [0.1, 0.15) is 11.6 Å². The number of aromatic nitrogens is 2. The van der Waals surface area contributed by atoms with Gasteiger partial charge in [0.2, 0.25) is 5.95 Å². The lowest BCUT2D eigenvalue weighted by Gasteiger charge is -2.28. The van der Waals surface area contributed by atoms with Crippen molar-refractivity contribution in [2.24, 2.45) is 0 Å². The molecule has 164 valence electrons. The number of amides is 2. The molecule has 0 atom stereocenters. The number of aryl methyl sites for hydroxylation is 1. The smallest absolute Gasteiger partial charge is 0.327 e. The van der Waals surface area contributed by atoms with E-state index >= 15 is 0 Å². The van der Waals surface area contributed by atoms with Gasteiger partial charge in [0.25, 0.3) is 0 Å². The van der Waals surface area contributed by atoms with Crippen molar-refractivity contribution in [3.63, 3.8) is 0 Å². The second kappa shape index (κ2) is 8.47. The number of carbonyl (C=O) groups is 1. The fourth-order valence-corrected chi connectivity index (χ4v) is 4.07. The number of phenolic OH excluding ortho intramolecular Hbond substituents is 1. The third kappa shape index (κ3) is 3.97. The minimum Gasteiger partial charge on any atom is -0.508 e. The molecule has 0 saturated carbocycles. The lowest BCUT2D eigenvalue weighted by molar-refractivity contribution is 0.122. The number of anilines is 3. The summed E-state index contributed by atoms with van der Waals surface area (Å²) < 4.78 is 5.47. The third-order valence-electron chi connectivity index (χ3n) is 5.78. The first-order chi connectivity index (χ1) is 15.6. The molecule has 3 heterocycles. The van der Waals surface area contributed by atoms with Crippen LogP contribution in [0.25, 0.3) is 11.3 Å². The molecule has 32 heavy (non-hydrogen) atoms. The van der Waals surface area contributed by atoms with E-state index in [1.165, 1.54) is 0 Å². The number of benzene rings is 2. The Bertz CT molecular complexity index is 1140. The number of morpholine rings is 1. The standard InChI is InChI=1S/C24H25N5O3/c1-16-5-7-18(8-6-16)25-24(31)29-10-9-20-21(17-3-2-4-19(30)15-17)26-23(27-22(20)29)28-11-13-32-14-12-28/h2-8,15,30H,9-14H2,1H3,(H,25,31). The maximum Gasteiger partial charge on any atom is 0.327 e. The topological polar surface area (TPSA) is 90.8 Å². The van der Waals surface area contributed by atoms with E-state index in [9.17, 15) is 9.90 Å². The highest BCUT2D eigenvalue weighted by atomic mass is 16.5. The van der Waals surface area contributed by atoms with Crippen molar-refractivity contribution in [1.82, 2.24) is 9.97 Å². The van der Waals surface area contributed by atoms with E-state index in [2.05, 4.69) is 10.2 Å². The maximum absolute atomic E-state index is 13.1. The molecular weight excluding hydrogens is 406 g/mol. The average Bonchev–Trinajstić information content (AvgIpc) is 3.25.